The first-order chi connectivity index (χ1) is 11.2. The maximum absolute atomic E-state index is 11.9. The fourth-order valence-corrected chi connectivity index (χ4v) is 2.19. The normalized spacial score (nSPS) is 11.5. The second-order valence-corrected chi connectivity index (χ2v) is 5.14. The number of primary amides is 2. The molecular formula is C15H22N4O5. The third-order valence-electron chi connectivity index (χ3n) is 3.43. The van der Waals surface area contributed by atoms with Gasteiger partial charge in [0.25, 0.3) is 0 Å². The highest BCUT2D eigenvalue weighted by atomic mass is 16.5. The molecule has 0 fully saturated rings. The Kier molecular flexibility index (Phi) is 6.39. The van der Waals surface area contributed by atoms with Gasteiger partial charge < -0.3 is 31.6 Å². The van der Waals surface area contributed by atoms with E-state index >= 15 is 0 Å². The molecule has 1 aromatic carbocycles. The van der Waals surface area contributed by atoms with Gasteiger partial charge >= 0.3 is 6.03 Å². The quantitative estimate of drug-likeness (QED) is 0.505. The van der Waals surface area contributed by atoms with Crippen molar-refractivity contribution >= 4 is 17.8 Å². The van der Waals surface area contributed by atoms with E-state index in [4.69, 9.17) is 20.9 Å². The van der Waals surface area contributed by atoms with Crippen LogP contribution in [0.4, 0.5) is 4.79 Å². The van der Waals surface area contributed by atoms with Crippen molar-refractivity contribution in [1.82, 2.24) is 10.6 Å². The lowest BCUT2D eigenvalue weighted by molar-refractivity contribution is -0.128. The number of methoxy groups -OCH3 is 2. The topological polar surface area (TPSA) is 146 Å². The fourth-order valence-electron chi connectivity index (χ4n) is 2.19. The zero-order valence-corrected chi connectivity index (χ0v) is 14.0. The van der Waals surface area contributed by atoms with Gasteiger partial charge in [-0.3, -0.25) is 9.59 Å². The molecule has 0 aliphatic heterocycles. The number of amides is 4. The molecule has 0 heterocycles. The summed E-state index contributed by atoms with van der Waals surface area (Å²) in [5.41, 5.74) is 11.7. The van der Waals surface area contributed by atoms with Gasteiger partial charge in [-0.1, -0.05) is 0 Å². The lowest BCUT2D eigenvalue weighted by atomic mass is 10.0. The van der Waals surface area contributed by atoms with Gasteiger partial charge in [0, 0.05) is 0 Å². The van der Waals surface area contributed by atoms with E-state index in [9.17, 15) is 14.4 Å². The van der Waals surface area contributed by atoms with Crippen LogP contribution in [0.2, 0.25) is 0 Å². The van der Waals surface area contributed by atoms with Crippen LogP contribution in [0.25, 0.3) is 0 Å². The molecule has 132 valence electrons. The van der Waals surface area contributed by atoms with Crippen LogP contribution in [0.15, 0.2) is 12.1 Å². The van der Waals surface area contributed by atoms with Crippen LogP contribution in [0.5, 0.6) is 11.5 Å². The summed E-state index contributed by atoms with van der Waals surface area (Å²) in [6, 6.07) is 0.743. The predicted molar refractivity (Wildman–Crippen MR) is 86.5 cm³/mol. The van der Waals surface area contributed by atoms with Crippen molar-refractivity contribution in [2.24, 2.45) is 11.5 Å². The van der Waals surface area contributed by atoms with Gasteiger partial charge in [-0.25, -0.2) is 4.79 Å². The highest BCUT2D eigenvalue weighted by Gasteiger charge is 2.25. The molecule has 0 aliphatic rings. The van der Waals surface area contributed by atoms with Crippen molar-refractivity contribution in [3.63, 3.8) is 0 Å². The number of hydrogen-bond acceptors (Lipinski definition) is 5. The first-order valence-corrected chi connectivity index (χ1v) is 7.09. The molecule has 1 atom stereocenters. The average Bonchev–Trinajstić information content (AvgIpc) is 2.51. The van der Waals surface area contributed by atoms with Crippen molar-refractivity contribution in [3.05, 3.63) is 23.3 Å². The SMILES string of the molecule is COc1cc(C)c([C@@H](C)NC(=O)NC(C(N)=O)C(N)=O)cc1OC. The summed E-state index contributed by atoms with van der Waals surface area (Å²) < 4.78 is 10.4. The molecule has 0 saturated heterocycles. The molecule has 1 rings (SSSR count). The van der Waals surface area contributed by atoms with Gasteiger partial charge in [0.05, 0.1) is 20.3 Å². The van der Waals surface area contributed by atoms with Crippen LogP contribution < -0.4 is 31.6 Å². The summed E-state index contributed by atoms with van der Waals surface area (Å²) in [6.07, 6.45) is 0. The minimum absolute atomic E-state index is 0.439. The third kappa shape index (κ3) is 4.51. The van der Waals surface area contributed by atoms with Crippen LogP contribution in [0.1, 0.15) is 24.1 Å². The number of aryl methyl sites for hydroxylation is 1. The second-order valence-electron chi connectivity index (χ2n) is 5.14. The molecule has 9 nitrogen and oxygen atoms in total. The number of benzene rings is 1. The van der Waals surface area contributed by atoms with E-state index in [0.717, 1.165) is 11.1 Å². The standard InChI is InChI=1S/C15H22N4O5/c1-7-5-10(23-3)11(24-4)6-9(7)8(2)18-15(22)19-12(13(16)20)14(17)21/h5-6,8,12H,1-4H3,(H2,16,20)(H2,17,21)(H2,18,19,22)/t8-/m1/s1. The molecule has 0 spiro atoms. The Hall–Kier alpha value is -2.97. The Bertz CT molecular complexity index is 633. The maximum Gasteiger partial charge on any atom is 0.316 e. The van der Waals surface area contributed by atoms with Crippen molar-refractivity contribution in [2.45, 2.75) is 25.9 Å². The molecular weight excluding hydrogens is 316 g/mol. The van der Waals surface area contributed by atoms with Crippen LogP contribution in [-0.2, 0) is 9.59 Å². The van der Waals surface area contributed by atoms with Crippen LogP contribution in [-0.4, -0.2) is 38.1 Å². The first kappa shape index (κ1) is 19.1. The molecule has 0 saturated carbocycles. The largest absolute Gasteiger partial charge is 0.493 e. The average molecular weight is 338 g/mol. The lowest BCUT2D eigenvalue weighted by Crippen LogP contribution is -2.55. The molecule has 0 aliphatic carbocycles. The molecule has 4 amide bonds. The van der Waals surface area contributed by atoms with E-state index in [1.165, 1.54) is 14.2 Å². The van der Waals surface area contributed by atoms with E-state index < -0.39 is 29.9 Å². The predicted octanol–water partition coefficient (Wildman–Crippen LogP) is -0.288. The zero-order chi connectivity index (χ0) is 18.4. The minimum atomic E-state index is -1.58. The van der Waals surface area contributed by atoms with Crippen LogP contribution in [0, 0.1) is 6.92 Å². The summed E-state index contributed by atoms with van der Waals surface area (Å²) in [6.45, 7) is 3.58. The monoisotopic (exact) mass is 338 g/mol. The molecule has 24 heavy (non-hydrogen) atoms. The van der Waals surface area contributed by atoms with Gasteiger partial charge in [0.1, 0.15) is 0 Å². The van der Waals surface area contributed by atoms with E-state index in [-0.39, 0.29) is 0 Å². The third-order valence-corrected chi connectivity index (χ3v) is 3.43. The Morgan fingerprint density at radius 2 is 1.50 bits per heavy atom. The molecule has 9 heteroatoms. The summed E-state index contributed by atoms with van der Waals surface area (Å²) >= 11 is 0. The van der Waals surface area contributed by atoms with Crippen LogP contribution >= 0.6 is 0 Å². The zero-order valence-electron chi connectivity index (χ0n) is 14.0. The Balaban J connectivity index is 2.91. The van der Waals surface area contributed by atoms with Gasteiger partial charge in [-0.05, 0) is 37.1 Å². The summed E-state index contributed by atoms with van der Waals surface area (Å²) in [5, 5.41) is 4.74. The lowest BCUT2D eigenvalue weighted by Gasteiger charge is -2.20. The molecule has 1 aromatic rings. The van der Waals surface area contributed by atoms with Gasteiger partial charge in [-0.15, -0.1) is 0 Å². The van der Waals surface area contributed by atoms with E-state index in [1.807, 2.05) is 6.92 Å². The summed E-state index contributed by atoms with van der Waals surface area (Å²) in [5.74, 6) is -0.988. The summed E-state index contributed by atoms with van der Waals surface area (Å²) in [4.78, 5) is 34.1. The van der Waals surface area contributed by atoms with Crippen molar-refractivity contribution in [3.8, 4) is 11.5 Å². The second kappa shape index (κ2) is 8.04. The number of carbonyl (C=O) groups excluding carboxylic acids is 3. The Morgan fingerprint density at radius 1 is 1.00 bits per heavy atom. The molecule has 0 bridgehead atoms. The summed E-state index contributed by atoms with van der Waals surface area (Å²) in [7, 11) is 3.03. The number of carbonyl (C=O) groups is 3. The van der Waals surface area contributed by atoms with E-state index in [2.05, 4.69) is 10.6 Å². The van der Waals surface area contributed by atoms with Crippen LogP contribution in [0.3, 0.4) is 0 Å². The van der Waals surface area contributed by atoms with E-state index in [0.29, 0.717) is 11.5 Å². The molecule has 0 radical (unpaired) electrons. The van der Waals surface area contributed by atoms with E-state index in [1.54, 1.807) is 19.1 Å². The van der Waals surface area contributed by atoms with Crippen molar-refractivity contribution < 1.29 is 23.9 Å². The highest BCUT2D eigenvalue weighted by molar-refractivity contribution is 6.05. The first-order valence-electron chi connectivity index (χ1n) is 7.09. The number of nitrogens with one attached hydrogen (secondary N) is 2. The molecule has 6 N–H and O–H groups in total. The number of rotatable bonds is 7. The van der Waals surface area contributed by atoms with Gasteiger partial charge in [0.2, 0.25) is 11.8 Å². The van der Waals surface area contributed by atoms with Gasteiger partial charge in [0.15, 0.2) is 17.5 Å². The smallest absolute Gasteiger partial charge is 0.316 e. The minimum Gasteiger partial charge on any atom is -0.493 e. The molecule has 0 aromatic heterocycles. The maximum atomic E-state index is 11.9. The molecule has 0 unspecified atom stereocenters. The Morgan fingerprint density at radius 3 is 1.96 bits per heavy atom. The fraction of sp³-hybridized carbons (Fsp3) is 0.400. The Labute approximate surface area is 139 Å². The highest BCUT2D eigenvalue weighted by Crippen LogP contribution is 2.32. The van der Waals surface area contributed by atoms with Crippen molar-refractivity contribution in [1.29, 1.82) is 0 Å². The number of hydrogen-bond donors (Lipinski definition) is 4. The number of ether oxygens (including phenoxy) is 2. The number of nitrogens with two attached hydrogens (primary N) is 2. The van der Waals surface area contributed by atoms with Crippen molar-refractivity contribution in [2.75, 3.05) is 14.2 Å². The number of urea groups is 1. The van der Waals surface area contributed by atoms with Gasteiger partial charge in [-0.2, -0.15) is 0 Å².